The Balaban J connectivity index is 2.25. The van der Waals surface area contributed by atoms with Gasteiger partial charge in [-0.1, -0.05) is 30.8 Å². The average molecular weight is 320 g/mol. The smallest absolute Gasteiger partial charge is 0.191 e. The number of benzene rings is 1. The number of rotatable bonds is 7. The molecular formula is C15H20N4S2. The van der Waals surface area contributed by atoms with Gasteiger partial charge in [-0.25, -0.2) is 9.97 Å². The van der Waals surface area contributed by atoms with E-state index in [-0.39, 0.29) is 0 Å². The number of nitrogens with zero attached hydrogens (tertiary/aromatic N) is 2. The number of thioether (sulfide) groups is 2. The van der Waals surface area contributed by atoms with Gasteiger partial charge in [-0.05, 0) is 31.1 Å². The van der Waals surface area contributed by atoms with Crippen molar-refractivity contribution in [1.82, 2.24) is 9.97 Å². The highest BCUT2D eigenvalue weighted by Gasteiger charge is 2.06. The maximum atomic E-state index is 4.52. The summed E-state index contributed by atoms with van der Waals surface area (Å²) in [5, 5.41) is 7.47. The summed E-state index contributed by atoms with van der Waals surface area (Å²) in [5.41, 5.74) is 1.07. The van der Waals surface area contributed by atoms with Gasteiger partial charge >= 0.3 is 0 Å². The quantitative estimate of drug-likeness (QED) is 0.579. The summed E-state index contributed by atoms with van der Waals surface area (Å²) >= 11 is 3.26. The summed E-state index contributed by atoms with van der Waals surface area (Å²) in [4.78, 5) is 10.2. The summed E-state index contributed by atoms with van der Waals surface area (Å²) in [6, 6.07) is 10.2. The van der Waals surface area contributed by atoms with E-state index in [0.29, 0.717) is 0 Å². The minimum absolute atomic E-state index is 0.764. The minimum Gasteiger partial charge on any atom is -0.370 e. The zero-order chi connectivity index (χ0) is 15.1. The van der Waals surface area contributed by atoms with Crippen LogP contribution in [0.2, 0.25) is 0 Å². The van der Waals surface area contributed by atoms with Gasteiger partial charge in [0.25, 0.3) is 0 Å². The highest BCUT2D eigenvalue weighted by atomic mass is 32.2. The number of aromatic nitrogens is 2. The van der Waals surface area contributed by atoms with Crippen LogP contribution in [-0.4, -0.2) is 29.0 Å². The molecule has 0 fully saturated rings. The number of anilines is 3. The van der Waals surface area contributed by atoms with E-state index in [1.54, 1.807) is 23.5 Å². The normalized spacial score (nSPS) is 10.4. The molecular weight excluding hydrogens is 300 g/mol. The van der Waals surface area contributed by atoms with Crippen LogP contribution in [0.15, 0.2) is 40.4 Å². The van der Waals surface area contributed by atoms with Gasteiger partial charge in [0, 0.05) is 17.5 Å². The van der Waals surface area contributed by atoms with Crippen molar-refractivity contribution in [2.75, 3.05) is 29.7 Å². The largest absolute Gasteiger partial charge is 0.370 e. The lowest BCUT2D eigenvalue weighted by molar-refractivity contribution is 0.929. The summed E-state index contributed by atoms with van der Waals surface area (Å²) in [6.45, 7) is 3.04. The van der Waals surface area contributed by atoms with E-state index >= 15 is 0 Å². The molecule has 0 saturated carbocycles. The first-order valence-electron chi connectivity index (χ1n) is 6.83. The molecule has 0 atom stereocenters. The Morgan fingerprint density at radius 1 is 1.05 bits per heavy atom. The fourth-order valence-electron chi connectivity index (χ4n) is 1.81. The first kappa shape index (κ1) is 16.0. The van der Waals surface area contributed by atoms with Gasteiger partial charge in [0.15, 0.2) is 5.16 Å². The molecule has 4 nitrogen and oxygen atoms in total. The molecule has 2 aromatic rings. The molecule has 1 heterocycles. The maximum absolute atomic E-state index is 4.52. The van der Waals surface area contributed by atoms with Gasteiger partial charge in [0.05, 0.1) is 5.69 Å². The highest BCUT2D eigenvalue weighted by molar-refractivity contribution is 7.98. The van der Waals surface area contributed by atoms with Crippen molar-refractivity contribution in [2.24, 2.45) is 0 Å². The molecule has 2 N–H and O–H groups in total. The van der Waals surface area contributed by atoms with Crippen molar-refractivity contribution >= 4 is 40.8 Å². The molecule has 6 heteroatoms. The van der Waals surface area contributed by atoms with Crippen LogP contribution < -0.4 is 10.6 Å². The molecule has 21 heavy (non-hydrogen) atoms. The molecule has 0 unspecified atom stereocenters. The Hall–Kier alpha value is -1.40. The van der Waals surface area contributed by atoms with Gasteiger partial charge in [-0.3, -0.25) is 0 Å². The van der Waals surface area contributed by atoms with Crippen LogP contribution in [0, 0.1) is 0 Å². The predicted molar refractivity (Wildman–Crippen MR) is 94.1 cm³/mol. The van der Waals surface area contributed by atoms with Crippen LogP contribution in [0.1, 0.15) is 13.3 Å². The number of hydrogen-bond donors (Lipinski definition) is 2. The second kappa shape index (κ2) is 8.14. The van der Waals surface area contributed by atoms with Crippen LogP contribution in [0.25, 0.3) is 0 Å². The summed E-state index contributed by atoms with van der Waals surface area (Å²) < 4.78 is 0. The Labute approximate surface area is 134 Å². The Kier molecular flexibility index (Phi) is 6.20. The predicted octanol–water partition coefficient (Wildman–Crippen LogP) is 4.49. The Morgan fingerprint density at radius 2 is 1.81 bits per heavy atom. The van der Waals surface area contributed by atoms with E-state index in [1.807, 2.05) is 24.5 Å². The van der Waals surface area contributed by atoms with Crippen molar-refractivity contribution in [3.8, 4) is 0 Å². The Morgan fingerprint density at radius 3 is 2.52 bits per heavy atom. The number of nitrogens with one attached hydrogen (secondary N) is 2. The number of hydrogen-bond acceptors (Lipinski definition) is 6. The zero-order valence-corrected chi connectivity index (χ0v) is 14.1. The second-order valence-electron chi connectivity index (χ2n) is 4.38. The maximum Gasteiger partial charge on any atom is 0.191 e. The number of para-hydroxylation sites is 1. The molecule has 1 aromatic carbocycles. The van der Waals surface area contributed by atoms with Crippen molar-refractivity contribution in [3.63, 3.8) is 0 Å². The van der Waals surface area contributed by atoms with Crippen molar-refractivity contribution in [1.29, 1.82) is 0 Å². The monoisotopic (exact) mass is 320 g/mol. The molecule has 2 rings (SSSR count). The zero-order valence-electron chi connectivity index (χ0n) is 12.5. The van der Waals surface area contributed by atoms with Gasteiger partial charge in [-0.2, -0.15) is 0 Å². The van der Waals surface area contributed by atoms with Crippen molar-refractivity contribution in [3.05, 3.63) is 30.3 Å². The summed E-state index contributed by atoms with van der Waals surface area (Å²) in [7, 11) is 0. The van der Waals surface area contributed by atoms with Crippen LogP contribution in [0.3, 0.4) is 0 Å². The third-order valence-electron chi connectivity index (χ3n) is 2.81. The molecule has 0 aliphatic rings. The van der Waals surface area contributed by atoms with Crippen LogP contribution >= 0.6 is 23.5 Å². The van der Waals surface area contributed by atoms with E-state index in [2.05, 4.69) is 45.9 Å². The first-order valence-corrected chi connectivity index (χ1v) is 9.28. The first-order chi connectivity index (χ1) is 10.3. The fraction of sp³-hybridized carbons (Fsp3) is 0.333. The molecule has 112 valence electrons. The van der Waals surface area contributed by atoms with Crippen molar-refractivity contribution < 1.29 is 0 Å². The van der Waals surface area contributed by atoms with Crippen LogP contribution in [0.5, 0.6) is 0 Å². The lowest BCUT2D eigenvalue weighted by Crippen LogP contribution is -2.05. The molecule has 1 aromatic heterocycles. The van der Waals surface area contributed by atoms with E-state index in [1.165, 1.54) is 4.90 Å². The SMILES string of the molecule is CCCNc1cc(Nc2ccccc2SC)nc(SC)n1. The molecule has 0 spiro atoms. The standard InChI is InChI=1S/C15H20N4S2/c1-4-9-16-13-10-14(19-15(18-13)21-3)17-11-7-5-6-8-12(11)20-2/h5-8,10H,4,9H2,1-3H3,(H2,16,17,18,19). The van der Waals surface area contributed by atoms with Crippen LogP contribution in [-0.2, 0) is 0 Å². The molecule has 0 bridgehead atoms. The summed E-state index contributed by atoms with van der Waals surface area (Å²) in [5.74, 6) is 1.68. The van der Waals surface area contributed by atoms with E-state index in [9.17, 15) is 0 Å². The average Bonchev–Trinajstić information content (AvgIpc) is 2.53. The fourth-order valence-corrected chi connectivity index (χ4v) is 2.74. The molecule has 0 aliphatic carbocycles. The third kappa shape index (κ3) is 4.54. The van der Waals surface area contributed by atoms with E-state index in [4.69, 9.17) is 0 Å². The summed E-state index contributed by atoms with van der Waals surface area (Å²) in [6.07, 6.45) is 5.12. The lowest BCUT2D eigenvalue weighted by Gasteiger charge is -2.12. The molecule has 0 aliphatic heterocycles. The lowest BCUT2D eigenvalue weighted by atomic mass is 10.3. The molecule has 0 amide bonds. The van der Waals surface area contributed by atoms with E-state index < -0.39 is 0 Å². The van der Waals surface area contributed by atoms with Gasteiger partial charge in [0.2, 0.25) is 0 Å². The molecule has 0 saturated heterocycles. The minimum atomic E-state index is 0.764. The van der Waals surface area contributed by atoms with Gasteiger partial charge in [-0.15, -0.1) is 11.8 Å². The van der Waals surface area contributed by atoms with Gasteiger partial charge < -0.3 is 10.6 Å². The van der Waals surface area contributed by atoms with Gasteiger partial charge in [0.1, 0.15) is 11.6 Å². The van der Waals surface area contributed by atoms with Crippen molar-refractivity contribution in [2.45, 2.75) is 23.4 Å². The Bertz CT molecular complexity index is 590. The van der Waals surface area contributed by atoms with E-state index in [0.717, 1.165) is 35.4 Å². The second-order valence-corrected chi connectivity index (χ2v) is 6.00. The third-order valence-corrected chi connectivity index (χ3v) is 4.16. The van der Waals surface area contributed by atoms with Crippen LogP contribution in [0.4, 0.5) is 17.3 Å². The highest BCUT2D eigenvalue weighted by Crippen LogP contribution is 2.28. The molecule has 0 radical (unpaired) electrons. The topological polar surface area (TPSA) is 49.8 Å².